The summed E-state index contributed by atoms with van der Waals surface area (Å²) < 4.78 is 5.84. The van der Waals surface area contributed by atoms with Crippen molar-refractivity contribution in [2.45, 2.75) is 0 Å². The molecule has 0 spiro atoms. The minimum absolute atomic E-state index is 0.184. The number of hydrogen-bond donors (Lipinski definition) is 0. The van der Waals surface area contributed by atoms with Gasteiger partial charge in [-0.1, -0.05) is 39.1 Å². The van der Waals surface area contributed by atoms with Gasteiger partial charge in [-0.05, 0) is 36.4 Å². The van der Waals surface area contributed by atoms with Gasteiger partial charge in [-0.25, -0.2) is 0 Å². The van der Waals surface area contributed by atoms with E-state index in [9.17, 15) is 4.79 Å². The van der Waals surface area contributed by atoms with Crippen LogP contribution >= 0.6 is 39.1 Å². The van der Waals surface area contributed by atoms with Gasteiger partial charge >= 0.3 is 0 Å². The normalized spacial score (nSPS) is 10.3. The number of hydrogen-bond acceptors (Lipinski definition) is 2. The molecule has 0 aliphatic heterocycles. The highest BCUT2D eigenvalue weighted by atomic mass is 79.9. The third kappa shape index (κ3) is 3.11. The maximum atomic E-state index is 12.4. The van der Waals surface area contributed by atoms with Crippen molar-refractivity contribution >= 4 is 44.9 Å². The molecule has 0 saturated heterocycles. The molecule has 0 amide bonds. The van der Waals surface area contributed by atoms with Crippen molar-refractivity contribution in [3.63, 3.8) is 0 Å². The van der Waals surface area contributed by atoms with Crippen LogP contribution in [0.1, 0.15) is 15.9 Å². The summed E-state index contributed by atoms with van der Waals surface area (Å²) in [5.74, 6) is 0.342. The molecule has 2 nitrogen and oxygen atoms in total. The molecule has 0 aliphatic carbocycles. The highest BCUT2D eigenvalue weighted by Crippen LogP contribution is 2.28. The zero-order valence-corrected chi connectivity index (χ0v) is 13.0. The lowest BCUT2D eigenvalue weighted by Gasteiger charge is -2.07. The first-order valence-electron chi connectivity index (χ1n) is 5.36. The summed E-state index contributed by atoms with van der Waals surface area (Å²) in [7, 11) is 1.52. The fourth-order valence-corrected chi connectivity index (χ4v) is 2.46. The molecule has 2 aromatic rings. The Morgan fingerprint density at radius 3 is 2.47 bits per heavy atom. The second-order valence-corrected chi connectivity index (χ2v) is 5.53. The van der Waals surface area contributed by atoms with E-state index < -0.39 is 0 Å². The molecule has 0 N–H and O–H groups in total. The lowest BCUT2D eigenvalue weighted by Crippen LogP contribution is -2.02. The Morgan fingerprint density at radius 2 is 1.84 bits per heavy atom. The van der Waals surface area contributed by atoms with Gasteiger partial charge in [0.05, 0.1) is 17.2 Å². The number of carbonyl (C=O) groups excluding carboxylic acids is 1. The summed E-state index contributed by atoms with van der Waals surface area (Å²) in [5.41, 5.74) is 0.892. The summed E-state index contributed by atoms with van der Waals surface area (Å²) in [4.78, 5) is 12.4. The summed E-state index contributed by atoms with van der Waals surface area (Å²) in [6.45, 7) is 0. The maximum absolute atomic E-state index is 12.4. The van der Waals surface area contributed by atoms with Gasteiger partial charge in [-0.2, -0.15) is 0 Å². The zero-order valence-electron chi connectivity index (χ0n) is 9.91. The average Bonchev–Trinajstić information content (AvgIpc) is 2.40. The van der Waals surface area contributed by atoms with Gasteiger partial charge < -0.3 is 4.74 Å². The van der Waals surface area contributed by atoms with Crippen LogP contribution in [0.15, 0.2) is 40.9 Å². The number of halogens is 3. The van der Waals surface area contributed by atoms with Crippen LogP contribution in [-0.2, 0) is 0 Å². The average molecular weight is 360 g/mol. The van der Waals surface area contributed by atoms with E-state index in [1.807, 2.05) is 0 Å². The van der Waals surface area contributed by atoms with Gasteiger partial charge in [0.25, 0.3) is 0 Å². The third-order valence-electron chi connectivity index (χ3n) is 2.59. The molecular formula is C14H9BrCl2O2. The van der Waals surface area contributed by atoms with Crippen molar-refractivity contribution in [2.24, 2.45) is 0 Å². The quantitative estimate of drug-likeness (QED) is 0.721. The van der Waals surface area contributed by atoms with Crippen LogP contribution in [-0.4, -0.2) is 12.9 Å². The summed E-state index contributed by atoms with van der Waals surface area (Å²) in [5, 5.41) is 0.791. The van der Waals surface area contributed by atoms with E-state index >= 15 is 0 Å². The molecule has 0 aromatic heterocycles. The Balaban J connectivity index is 2.44. The van der Waals surface area contributed by atoms with E-state index in [0.717, 1.165) is 4.47 Å². The van der Waals surface area contributed by atoms with E-state index in [2.05, 4.69) is 15.9 Å². The minimum atomic E-state index is -0.184. The molecule has 2 rings (SSSR count). The predicted molar refractivity (Wildman–Crippen MR) is 80.6 cm³/mol. The number of ketones is 1. The van der Waals surface area contributed by atoms with Crippen molar-refractivity contribution in [3.8, 4) is 5.75 Å². The first kappa shape index (κ1) is 14.4. The largest absolute Gasteiger partial charge is 0.495 e. The monoisotopic (exact) mass is 358 g/mol. The van der Waals surface area contributed by atoms with E-state index in [1.54, 1.807) is 36.4 Å². The summed E-state index contributed by atoms with van der Waals surface area (Å²) in [6, 6.07) is 10.0. The van der Waals surface area contributed by atoms with Crippen LogP contribution < -0.4 is 4.74 Å². The Morgan fingerprint density at radius 1 is 1.11 bits per heavy atom. The maximum Gasteiger partial charge on any atom is 0.194 e. The molecule has 0 unspecified atom stereocenters. The van der Waals surface area contributed by atoms with E-state index in [0.29, 0.717) is 26.9 Å². The Labute approximate surface area is 129 Å². The molecule has 0 heterocycles. The highest BCUT2D eigenvalue weighted by molar-refractivity contribution is 9.10. The van der Waals surface area contributed by atoms with Gasteiger partial charge in [0.1, 0.15) is 5.75 Å². The molecule has 19 heavy (non-hydrogen) atoms. The van der Waals surface area contributed by atoms with Gasteiger partial charge in [-0.15, -0.1) is 0 Å². The number of carbonyl (C=O) groups is 1. The molecule has 0 saturated carbocycles. The Hall–Kier alpha value is -1.03. The number of ether oxygens (including phenoxy) is 1. The lowest BCUT2D eigenvalue weighted by molar-refractivity contribution is 0.103. The van der Waals surface area contributed by atoms with Crippen LogP contribution in [0.4, 0.5) is 0 Å². The van der Waals surface area contributed by atoms with Crippen molar-refractivity contribution in [1.82, 2.24) is 0 Å². The van der Waals surface area contributed by atoms with Crippen molar-refractivity contribution in [1.29, 1.82) is 0 Å². The standard InChI is InChI=1S/C14H9BrCl2O2/c1-19-13-5-2-8(6-12(13)17)14(18)10-7-9(15)3-4-11(10)16/h2-7H,1H3. The lowest BCUT2D eigenvalue weighted by atomic mass is 10.0. The highest BCUT2D eigenvalue weighted by Gasteiger charge is 2.15. The number of rotatable bonds is 3. The Kier molecular flexibility index (Phi) is 4.50. The van der Waals surface area contributed by atoms with E-state index in [4.69, 9.17) is 27.9 Å². The van der Waals surface area contributed by atoms with Crippen molar-refractivity contribution < 1.29 is 9.53 Å². The van der Waals surface area contributed by atoms with E-state index in [-0.39, 0.29) is 5.78 Å². The number of benzene rings is 2. The van der Waals surface area contributed by atoms with Crippen LogP contribution in [0, 0.1) is 0 Å². The van der Waals surface area contributed by atoms with Crippen LogP contribution in [0.2, 0.25) is 10.0 Å². The molecule has 0 bridgehead atoms. The topological polar surface area (TPSA) is 26.3 Å². The van der Waals surface area contributed by atoms with Crippen LogP contribution in [0.5, 0.6) is 5.75 Å². The van der Waals surface area contributed by atoms with Gasteiger partial charge in [0.15, 0.2) is 5.78 Å². The van der Waals surface area contributed by atoms with Gasteiger partial charge in [0, 0.05) is 15.6 Å². The fourth-order valence-electron chi connectivity index (χ4n) is 1.63. The van der Waals surface area contributed by atoms with Crippen LogP contribution in [0.25, 0.3) is 0 Å². The number of methoxy groups -OCH3 is 1. The zero-order chi connectivity index (χ0) is 14.0. The van der Waals surface area contributed by atoms with Gasteiger partial charge in [-0.3, -0.25) is 4.79 Å². The molecule has 5 heteroatoms. The first-order chi connectivity index (χ1) is 9.02. The van der Waals surface area contributed by atoms with Gasteiger partial charge in [0.2, 0.25) is 0 Å². The van der Waals surface area contributed by atoms with Crippen molar-refractivity contribution in [2.75, 3.05) is 7.11 Å². The van der Waals surface area contributed by atoms with Crippen LogP contribution in [0.3, 0.4) is 0 Å². The molecular weight excluding hydrogens is 351 g/mol. The summed E-state index contributed by atoms with van der Waals surface area (Å²) >= 11 is 15.4. The Bertz CT molecular complexity index is 641. The molecule has 0 radical (unpaired) electrons. The molecule has 2 aromatic carbocycles. The predicted octanol–water partition coefficient (Wildman–Crippen LogP) is 5.00. The molecule has 98 valence electrons. The molecule has 0 aliphatic rings. The summed E-state index contributed by atoms with van der Waals surface area (Å²) in [6.07, 6.45) is 0. The van der Waals surface area contributed by atoms with E-state index in [1.165, 1.54) is 7.11 Å². The van der Waals surface area contributed by atoms with Crippen molar-refractivity contribution in [3.05, 3.63) is 62.0 Å². The molecule has 0 atom stereocenters. The fraction of sp³-hybridized carbons (Fsp3) is 0.0714. The first-order valence-corrected chi connectivity index (χ1v) is 6.91. The molecule has 0 fully saturated rings. The third-order valence-corrected chi connectivity index (χ3v) is 3.71. The SMILES string of the molecule is COc1ccc(C(=O)c2cc(Br)ccc2Cl)cc1Cl. The second-order valence-electron chi connectivity index (χ2n) is 3.80. The second kappa shape index (κ2) is 5.95. The smallest absolute Gasteiger partial charge is 0.194 e. The minimum Gasteiger partial charge on any atom is -0.495 e.